The summed E-state index contributed by atoms with van der Waals surface area (Å²) in [6, 6.07) is 13.4. The van der Waals surface area contributed by atoms with Crippen LogP contribution in [0, 0.1) is 0 Å². The lowest BCUT2D eigenvalue weighted by atomic mass is 9.87. The fraction of sp³-hybridized carbons (Fsp3) is 0.294. The summed E-state index contributed by atoms with van der Waals surface area (Å²) < 4.78 is 39.7. The van der Waals surface area contributed by atoms with Crippen molar-refractivity contribution in [2.24, 2.45) is 0 Å². The third-order valence-corrected chi connectivity index (χ3v) is 3.98. The molecule has 0 atom stereocenters. The van der Waals surface area contributed by atoms with Crippen LogP contribution >= 0.6 is 0 Å². The predicted molar refractivity (Wildman–Crippen MR) is 77.9 cm³/mol. The molecule has 0 amide bonds. The maximum absolute atomic E-state index is 13.2. The zero-order chi connectivity index (χ0) is 15.3. The Labute approximate surface area is 122 Å². The van der Waals surface area contributed by atoms with Gasteiger partial charge in [-0.25, -0.2) is 0 Å². The second-order valence-electron chi connectivity index (χ2n) is 6.00. The Morgan fingerprint density at radius 1 is 0.905 bits per heavy atom. The highest BCUT2D eigenvalue weighted by Gasteiger charge is 2.40. The van der Waals surface area contributed by atoms with Crippen molar-refractivity contribution in [1.29, 1.82) is 0 Å². The number of hydrogen-bond donors (Lipinski definition) is 0. The number of para-hydroxylation sites is 2. The third kappa shape index (κ3) is 2.28. The van der Waals surface area contributed by atoms with Crippen LogP contribution in [0.4, 0.5) is 24.5 Å². The number of anilines is 2. The minimum absolute atomic E-state index is 0.171. The molecule has 2 aromatic carbocycles. The molecule has 1 heterocycles. The predicted octanol–water partition coefficient (Wildman–Crippen LogP) is 5.13. The van der Waals surface area contributed by atoms with E-state index in [0.717, 1.165) is 17.3 Å². The van der Waals surface area contributed by atoms with Gasteiger partial charge in [-0.2, -0.15) is 13.2 Å². The van der Waals surface area contributed by atoms with E-state index < -0.39 is 11.7 Å². The van der Waals surface area contributed by atoms with Crippen molar-refractivity contribution in [2.45, 2.75) is 25.4 Å². The quantitative estimate of drug-likeness (QED) is 0.703. The summed E-state index contributed by atoms with van der Waals surface area (Å²) in [5.41, 5.74) is 1.41. The summed E-state index contributed by atoms with van der Waals surface area (Å²) in [5.74, 6) is 0. The van der Waals surface area contributed by atoms with Gasteiger partial charge < -0.3 is 4.90 Å². The van der Waals surface area contributed by atoms with E-state index in [4.69, 9.17) is 0 Å². The van der Waals surface area contributed by atoms with Crippen molar-refractivity contribution < 1.29 is 13.2 Å². The van der Waals surface area contributed by atoms with Crippen LogP contribution in [0.5, 0.6) is 0 Å². The normalized spacial score (nSPS) is 16.9. The van der Waals surface area contributed by atoms with E-state index in [2.05, 4.69) is 13.8 Å². The molecule has 1 aliphatic rings. The lowest BCUT2D eigenvalue weighted by molar-refractivity contribution is -0.137. The Bertz CT molecular complexity index is 674. The van der Waals surface area contributed by atoms with Crippen molar-refractivity contribution in [3.05, 3.63) is 59.7 Å². The second kappa shape index (κ2) is 4.52. The van der Waals surface area contributed by atoms with Crippen LogP contribution in [-0.4, -0.2) is 6.54 Å². The average molecular weight is 291 g/mol. The topological polar surface area (TPSA) is 3.24 Å². The van der Waals surface area contributed by atoms with Gasteiger partial charge in [0.2, 0.25) is 0 Å². The molecular formula is C17H16F3N. The largest absolute Gasteiger partial charge is 0.418 e. The van der Waals surface area contributed by atoms with Crippen molar-refractivity contribution >= 4 is 11.4 Å². The van der Waals surface area contributed by atoms with E-state index in [1.165, 1.54) is 6.07 Å². The molecule has 0 unspecified atom stereocenters. The molecule has 0 saturated heterocycles. The van der Waals surface area contributed by atoms with E-state index in [-0.39, 0.29) is 11.1 Å². The number of hydrogen-bond acceptors (Lipinski definition) is 1. The molecular weight excluding hydrogens is 275 g/mol. The first-order valence-electron chi connectivity index (χ1n) is 6.84. The maximum Gasteiger partial charge on any atom is 0.418 e. The number of nitrogens with zero attached hydrogens (tertiary/aromatic N) is 1. The molecule has 0 fully saturated rings. The summed E-state index contributed by atoms with van der Waals surface area (Å²) in [6.45, 7) is 4.66. The summed E-state index contributed by atoms with van der Waals surface area (Å²) in [7, 11) is 0. The number of benzene rings is 2. The highest BCUT2D eigenvalue weighted by molar-refractivity contribution is 5.74. The van der Waals surface area contributed by atoms with Crippen molar-refractivity contribution in [3.8, 4) is 0 Å². The molecule has 21 heavy (non-hydrogen) atoms. The maximum atomic E-state index is 13.2. The van der Waals surface area contributed by atoms with Gasteiger partial charge in [-0.15, -0.1) is 0 Å². The van der Waals surface area contributed by atoms with E-state index >= 15 is 0 Å². The molecule has 1 aliphatic heterocycles. The van der Waals surface area contributed by atoms with Gasteiger partial charge in [-0.1, -0.05) is 44.2 Å². The van der Waals surface area contributed by atoms with Gasteiger partial charge in [0.1, 0.15) is 0 Å². The second-order valence-corrected chi connectivity index (χ2v) is 6.00. The van der Waals surface area contributed by atoms with Crippen molar-refractivity contribution in [1.82, 2.24) is 0 Å². The minimum atomic E-state index is -4.35. The summed E-state index contributed by atoms with van der Waals surface area (Å²) in [4.78, 5) is 1.78. The van der Waals surface area contributed by atoms with Crippen molar-refractivity contribution in [2.75, 3.05) is 11.4 Å². The van der Waals surface area contributed by atoms with Crippen LogP contribution in [-0.2, 0) is 11.6 Å². The first-order valence-corrected chi connectivity index (χ1v) is 6.84. The molecule has 2 aromatic rings. The molecule has 110 valence electrons. The minimum Gasteiger partial charge on any atom is -0.340 e. The van der Waals surface area contributed by atoms with Gasteiger partial charge in [0.05, 0.1) is 11.3 Å². The smallest absolute Gasteiger partial charge is 0.340 e. The van der Waals surface area contributed by atoms with Crippen molar-refractivity contribution in [3.63, 3.8) is 0 Å². The zero-order valence-corrected chi connectivity index (χ0v) is 11.9. The molecule has 4 heteroatoms. The molecule has 3 rings (SSSR count). The molecule has 0 aliphatic carbocycles. The van der Waals surface area contributed by atoms with Gasteiger partial charge in [0.25, 0.3) is 0 Å². The molecule has 0 saturated carbocycles. The summed E-state index contributed by atoms with van der Waals surface area (Å²) >= 11 is 0. The third-order valence-electron chi connectivity index (χ3n) is 3.98. The molecule has 0 radical (unpaired) electrons. The van der Waals surface area contributed by atoms with Gasteiger partial charge in [-0.05, 0) is 23.8 Å². The van der Waals surface area contributed by atoms with Crippen LogP contribution in [0.1, 0.15) is 25.0 Å². The van der Waals surface area contributed by atoms with Gasteiger partial charge in [0, 0.05) is 17.6 Å². The molecule has 1 nitrogen and oxygen atoms in total. The van der Waals surface area contributed by atoms with Gasteiger partial charge in [0.15, 0.2) is 0 Å². The standard InChI is InChI=1S/C17H16F3N/c1-16(2)11-21(14-9-5-3-7-12(14)16)15-10-6-4-8-13(15)17(18,19)20/h3-10H,11H2,1-2H3. The first-order chi connectivity index (χ1) is 9.81. The number of rotatable bonds is 1. The Kier molecular flexibility index (Phi) is 3.01. The Morgan fingerprint density at radius 2 is 1.48 bits per heavy atom. The SMILES string of the molecule is CC1(C)CN(c2ccccc2C(F)(F)F)c2ccccc21. The molecule has 0 N–H and O–H groups in total. The first kappa shape index (κ1) is 14.0. The Morgan fingerprint density at radius 3 is 2.14 bits per heavy atom. The number of halogens is 3. The van der Waals surface area contributed by atoms with Crippen LogP contribution in [0.3, 0.4) is 0 Å². The zero-order valence-electron chi connectivity index (χ0n) is 11.9. The fourth-order valence-electron chi connectivity index (χ4n) is 3.01. The highest BCUT2D eigenvalue weighted by Crippen LogP contribution is 2.47. The Balaban J connectivity index is 2.16. The lowest BCUT2D eigenvalue weighted by Gasteiger charge is -2.25. The fourth-order valence-corrected chi connectivity index (χ4v) is 3.01. The summed E-state index contributed by atoms with van der Waals surface area (Å²) in [6.07, 6.45) is -4.35. The van der Waals surface area contributed by atoms with Crippen LogP contribution in [0.25, 0.3) is 0 Å². The highest BCUT2D eigenvalue weighted by atomic mass is 19.4. The van der Waals surface area contributed by atoms with Gasteiger partial charge in [-0.3, -0.25) is 0 Å². The monoisotopic (exact) mass is 291 g/mol. The van der Waals surface area contributed by atoms with E-state index in [0.29, 0.717) is 6.54 Å². The van der Waals surface area contributed by atoms with E-state index in [1.807, 2.05) is 24.3 Å². The van der Waals surface area contributed by atoms with E-state index in [9.17, 15) is 13.2 Å². The van der Waals surface area contributed by atoms with Crippen LogP contribution < -0.4 is 4.90 Å². The molecule has 0 bridgehead atoms. The van der Waals surface area contributed by atoms with Crippen LogP contribution in [0.2, 0.25) is 0 Å². The number of fused-ring (bicyclic) bond motifs is 1. The summed E-state index contributed by atoms with van der Waals surface area (Å²) in [5, 5.41) is 0. The van der Waals surface area contributed by atoms with E-state index in [1.54, 1.807) is 17.0 Å². The average Bonchev–Trinajstić information content (AvgIpc) is 2.71. The number of alkyl halides is 3. The molecule has 0 spiro atoms. The van der Waals surface area contributed by atoms with Crippen LogP contribution in [0.15, 0.2) is 48.5 Å². The van der Waals surface area contributed by atoms with Gasteiger partial charge >= 0.3 is 6.18 Å². The Hall–Kier alpha value is -1.97. The molecule has 0 aromatic heterocycles. The lowest BCUT2D eigenvalue weighted by Crippen LogP contribution is -2.26.